The van der Waals surface area contributed by atoms with Crippen LogP contribution in [-0.2, 0) is 17.6 Å². The van der Waals surface area contributed by atoms with Gasteiger partial charge in [0.25, 0.3) is 0 Å². The Morgan fingerprint density at radius 1 is 1.04 bits per heavy atom. The molecule has 0 spiro atoms. The Morgan fingerprint density at radius 3 is 2.37 bits per heavy atom. The van der Waals surface area contributed by atoms with Crippen LogP contribution in [0.3, 0.4) is 0 Å². The molecule has 140 valence electrons. The monoisotopic (exact) mass is 398 g/mol. The molecular formula is C21H24FKO4. The predicted octanol–water partition coefficient (Wildman–Crippen LogP) is 2.56. The van der Waals surface area contributed by atoms with E-state index in [1.807, 2.05) is 24.3 Å². The van der Waals surface area contributed by atoms with Crippen LogP contribution < -0.4 is 0 Å². The van der Waals surface area contributed by atoms with E-state index in [-0.39, 0.29) is 70.0 Å². The number of carboxylic acids is 1. The van der Waals surface area contributed by atoms with E-state index in [4.69, 9.17) is 5.11 Å². The standard InChI is InChI=1S/C21H23FO4.K.H/c22-18-10-6-15(7-11-18)5-8-16-3-1-2-4-17(16)9-12-19(23)13-20(24)14-21(25)26;;/h1-4,6-7,9-12,19-20,23-24H,5,8,13-14H2,(H,25,26);;/b12-9+;;/t19-,20-;;/m1../s1. The molecule has 6 heteroatoms. The van der Waals surface area contributed by atoms with Gasteiger partial charge in [-0.2, -0.15) is 0 Å². The van der Waals surface area contributed by atoms with Crippen molar-refractivity contribution in [3.63, 3.8) is 0 Å². The molecule has 2 aromatic rings. The van der Waals surface area contributed by atoms with E-state index in [0.29, 0.717) is 0 Å². The van der Waals surface area contributed by atoms with Crippen molar-refractivity contribution in [3.8, 4) is 0 Å². The van der Waals surface area contributed by atoms with Crippen molar-refractivity contribution in [1.82, 2.24) is 0 Å². The molecule has 2 atom stereocenters. The third kappa shape index (κ3) is 9.25. The van der Waals surface area contributed by atoms with Gasteiger partial charge < -0.3 is 15.3 Å². The number of aliphatic carboxylic acids is 1. The maximum atomic E-state index is 13.0. The molecule has 0 saturated carbocycles. The van der Waals surface area contributed by atoms with Crippen LogP contribution in [0.4, 0.5) is 4.39 Å². The normalized spacial score (nSPS) is 13.1. The number of rotatable bonds is 9. The van der Waals surface area contributed by atoms with Gasteiger partial charge in [0, 0.05) is 6.42 Å². The van der Waals surface area contributed by atoms with E-state index >= 15 is 0 Å². The molecule has 2 aromatic carbocycles. The molecule has 0 fully saturated rings. The minimum absolute atomic E-state index is 0. The van der Waals surface area contributed by atoms with Crippen molar-refractivity contribution in [3.05, 3.63) is 77.1 Å². The maximum absolute atomic E-state index is 13.0. The minimum atomic E-state index is -1.10. The summed E-state index contributed by atoms with van der Waals surface area (Å²) < 4.78 is 13.0. The van der Waals surface area contributed by atoms with Crippen LogP contribution in [0.2, 0.25) is 0 Å². The van der Waals surface area contributed by atoms with Crippen LogP contribution in [0.15, 0.2) is 54.6 Å². The van der Waals surface area contributed by atoms with E-state index < -0.39 is 18.2 Å². The first kappa shape index (κ1) is 24.2. The second kappa shape index (κ2) is 12.6. The quantitative estimate of drug-likeness (QED) is 0.568. The van der Waals surface area contributed by atoms with Gasteiger partial charge in [0.05, 0.1) is 18.6 Å². The summed E-state index contributed by atoms with van der Waals surface area (Å²) >= 11 is 0. The number of carboxylic acid groups (broad SMARTS) is 1. The molecule has 0 aromatic heterocycles. The zero-order valence-electron chi connectivity index (χ0n) is 14.4. The first-order chi connectivity index (χ1) is 12.4. The van der Waals surface area contributed by atoms with Gasteiger partial charge in [0.2, 0.25) is 0 Å². The fourth-order valence-electron chi connectivity index (χ4n) is 2.71. The van der Waals surface area contributed by atoms with Crippen LogP contribution in [0.5, 0.6) is 0 Å². The first-order valence-electron chi connectivity index (χ1n) is 8.52. The second-order valence-corrected chi connectivity index (χ2v) is 6.24. The summed E-state index contributed by atoms with van der Waals surface area (Å²) in [6, 6.07) is 14.2. The van der Waals surface area contributed by atoms with Crippen LogP contribution in [0, 0.1) is 5.82 Å². The number of aliphatic hydroxyl groups is 2. The second-order valence-electron chi connectivity index (χ2n) is 6.24. The summed E-state index contributed by atoms with van der Waals surface area (Å²) in [5, 5.41) is 28.1. The molecule has 0 aliphatic heterocycles. The topological polar surface area (TPSA) is 77.8 Å². The van der Waals surface area contributed by atoms with E-state index in [1.54, 1.807) is 24.3 Å². The molecule has 0 heterocycles. The van der Waals surface area contributed by atoms with Crippen molar-refractivity contribution >= 4 is 63.4 Å². The molecule has 2 rings (SSSR count). The third-order valence-electron chi connectivity index (χ3n) is 4.07. The van der Waals surface area contributed by atoms with Crippen molar-refractivity contribution in [2.75, 3.05) is 0 Å². The van der Waals surface area contributed by atoms with E-state index in [0.717, 1.165) is 29.5 Å². The molecule has 27 heavy (non-hydrogen) atoms. The molecule has 0 amide bonds. The predicted molar refractivity (Wildman–Crippen MR) is 105 cm³/mol. The Kier molecular flexibility index (Phi) is 11.3. The fourth-order valence-corrected chi connectivity index (χ4v) is 2.71. The Balaban J connectivity index is 0.00000364. The van der Waals surface area contributed by atoms with E-state index in [2.05, 4.69) is 0 Å². The number of aryl methyl sites for hydroxylation is 2. The Bertz CT molecular complexity index is 746. The Morgan fingerprint density at radius 2 is 1.70 bits per heavy atom. The molecule has 0 radical (unpaired) electrons. The number of hydrogen-bond donors (Lipinski definition) is 3. The van der Waals surface area contributed by atoms with Crippen molar-refractivity contribution in [1.29, 1.82) is 0 Å². The van der Waals surface area contributed by atoms with Crippen molar-refractivity contribution < 1.29 is 24.5 Å². The van der Waals surface area contributed by atoms with Crippen LogP contribution in [0.1, 0.15) is 29.5 Å². The summed E-state index contributed by atoms with van der Waals surface area (Å²) in [5.74, 6) is -1.35. The van der Waals surface area contributed by atoms with Crippen molar-refractivity contribution in [2.24, 2.45) is 0 Å². The molecular weight excluding hydrogens is 374 g/mol. The third-order valence-corrected chi connectivity index (χ3v) is 4.07. The average Bonchev–Trinajstić information content (AvgIpc) is 2.59. The Hall–Kier alpha value is -0.864. The van der Waals surface area contributed by atoms with Crippen LogP contribution >= 0.6 is 0 Å². The van der Waals surface area contributed by atoms with Gasteiger partial charge in [-0.05, 0) is 41.7 Å². The van der Waals surface area contributed by atoms with Gasteiger partial charge in [-0.15, -0.1) is 0 Å². The number of carbonyl (C=O) groups is 1. The molecule has 3 N–H and O–H groups in total. The zero-order chi connectivity index (χ0) is 18.9. The molecule has 4 nitrogen and oxygen atoms in total. The average molecular weight is 399 g/mol. The summed E-state index contributed by atoms with van der Waals surface area (Å²) in [5.41, 5.74) is 3.08. The molecule has 0 aliphatic carbocycles. The fraction of sp³-hybridized carbons (Fsp3) is 0.286. The number of aliphatic hydroxyl groups excluding tert-OH is 2. The summed E-state index contributed by atoms with van der Waals surface area (Å²) in [6.07, 6.45) is 2.45. The molecule has 0 unspecified atom stereocenters. The van der Waals surface area contributed by atoms with E-state index in [1.165, 1.54) is 12.1 Å². The zero-order valence-corrected chi connectivity index (χ0v) is 14.4. The molecule has 0 saturated heterocycles. The Labute approximate surface area is 201 Å². The SMILES string of the molecule is O=C(O)C[C@H](O)C[C@H](O)/C=C/c1ccccc1CCc1ccc(F)cc1.[KH]. The van der Waals surface area contributed by atoms with Crippen molar-refractivity contribution in [2.45, 2.75) is 37.9 Å². The summed E-state index contributed by atoms with van der Waals surface area (Å²) in [4.78, 5) is 10.5. The van der Waals surface area contributed by atoms with E-state index in [9.17, 15) is 19.4 Å². The summed E-state index contributed by atoms with van der Waals surface area (Å²) in [7, 11) is 0. The van der Waals surface area contributed by atoms with Gasteiger partial charge in [0.15, 0.2) is 0 Å². The summed E-state index contributed by atoms with van der Waals surface area (Å²) in [6.45, 7) is 0. The number of benzene rings is 2. The van der Waals surface area contributed by atoms with Crippen LogP contribution in [-0.4, -0.2) is 84.9 Å². The van der Waals surface area contributed by atoms with Crippen LogP contribution in [0.25, 0.3) is 6.08 Å². The number of halogens is 1. The molecule has 0 aliphatic rings. The van der Waals surface area contributed by atoms with Gasteiger partial charge >= 0.3 is 57.4 Å². The number of hydrogen-bond acceptors (Lipinski definition) is 3. The first-order valence-corrected chi connectivity index (χ1v) is 8.52. The van der Waals surface area contributed by atoms with Gasteiger partial charge in [0.1, 0.15) is 5.82 Å². The van der Waals surface area contributed by atoms with Gasteiger partial charge in [-0.3, -0.25) is 4.79 Å². The molecule has 0 bridgehead atoms. The van der Waals surface area contributed by atoms with Gasteiger partial charge in [-0.1, -0.05) is 48.6 Å². The van der Waals surface area contributed by atoms with Gasteiger partial charge in [-0.25, -0.2) is 4.39 Å².